The molecule has 2 aliphatic rings. The van der Waals surface area contributed by atoms with Gasteiger partial charge in [0.25, 0.3) is 5.91 Å². The first-order valence-corrected chi connectivity index (χ1v) is 13.2. The number of amidine groups is 1. The van der Waals surface area contributed by atoms with Gasteiger partial charge in [-0.2, -0.15) is 0 Å². The molecule has 36 heavy (non-hydrogen) atoms. The average molecular weight is 542 g/mol. The van der Waals surface area contributed by atoms with E-state index >= 15 is 0 Å². The van der Waals surface area contributed by atoms with E-state index in [-0.39, 0.29) is 5.91 Å². The summed E-state index contributed by atoms with van der Waals surface area (Å²) in [5.74, 6) is -0.0747. The summed E-state index contributed by atoms with van der Waals surface area (Å²) in [7, 11) is 1.76. The lowest BCUT2D eigenvalue weighted by molar-refractivity contribution is -0.121. The second kappa shape index (κ2) is 10.3. The molecular formula is C27H26Cl2N4O2S. The molecule has 0 bridgehead atoms. The zero-order chi connectivity index (χ0) is 25.4. The van der Waals surface area contributed by atoms with Crippen molar-refractivity contribution in [1.82, 2.24) is 9.47 Å². The zero-order valence-electron chi connectivity index (χ0n) is 20.3. The molecule has 1 aromatic heterocycles. The number of rotatable bonds is 4. The number of thioether (sulfide) groups is 1. The summed E-state index contributed by atoms with van der Waals surface area (Å²) in [6.45, 7) is 7.29. The molecule has 0 radical (unpaired) electrons. The number of aliphatic imine (C=N–C) groups is 1. The smallest absolute Gasteiger partial charge is 0.266 e. The van der Waals surface area contributed by atoms with Crippen molar-refractivity contribution in [3.05, 3.63) is 80.4 Å². The monoisotopic (exact) mass is 540 g/mol. The summed E-state index contributed by atoms with van der Waals surface area (Å²) in [5, 5.41) is 1.88. The van der Waals surface area contributed by atoms with Crippen molar-refractivity contribution >= 4 is 63.5 Å². The molecule has 0 unspecified atom stereocenters. The van der Waals surface area contributed by atoms with E-state index in [2.05, 4.69) is 21.6 Å². The van der Waals surface area contributed by atoms with Crippen LogP contribution in [0, 0.1) is 13.8 Å². The topological polar surface area (TPSA) is 50.1 Å². The molecule has 0 spiro atoms. The highest BCUT2D eigenvalue weighted by atomic mass is 35.5. The number of morpholine rings is 1. The number of halogens is 2. The van der Waals surface area contributed by atoms with Gasteiger partial charge in [-0.05, 0) is 85.8 Å². The van der Waals surface area contributed by atoms with Crippen LogP contribution in [-0.4, -0.2) is 53.9 Å². The largest absolute Gasteiger partial charge is 0.378 e. The Morgan fingerprint density at radius 1 is 1.03 bits per heavy atom. The first kappa shape index (κ1) is 25.0. The van der Waals surface area contributed by atoms with Gasteiger partial charge in [0.05, 0.1) is 34.5 Å². The molecule has 2 aliphatic heterocycles. The van der Waals surface area contributed by atoms with Crippen LogP contribution < -0.4 is 4.90 Å². The number of likely N-dealkylation sites (N-methyl/N-ethyl adjacent to an activating group) is 1. The van der Waals surface area contributed by atoms with Crippen LogP contribution in [0.1, 0.15) is 17.0 Å². The number of aryl methyl sites for hydroxylation is 1. The maximum Gasteiger partial charge on any atom is 0.266 e. The Morgan fingerprint density at radius 3 is 2.47 bits per heavy atom. The van der Waals surface area contributed by atoms with Gasteiger partial charge in [0.1, 0.15) is 0 Å². The molecule has 5 rings (SSSR count). The predicted molar refractivity (Wildman–Crippen MR) is 150 cm³/mol. The number of nitrogens with zero attached hydrogens (tertiary/aromatic N) is 4. The maximum atomic E-state index is 13.0. The summed E-state index contributed by atoms with van der Waals surface area (Å²) in [6, 6.07) is 15.6. The van der Waals surface area contributed by atoms with E-state index in [0.29, 0.717) is 20.1 Å². The minimum atomic E-state index is -0.0747. The number of carbonyl (C=O) groups is 1. The standard InChI is InChI=1S/C27H26Cl2N4O2S/c1-17-14-19(18(2)33(17)24-16-20(28)4-9-23(24)29)15-25-26(34)31(3)27(36-25)30-21-5-7-22(8-6-21)32-10-12-35-13-11-32/h4-9,14-16H,10-13H2,1-3H3/b25-15+,30-27?. The first-order chi connectivity index (χ1) is 17.3. The summed E-state index contributed by atoms with van der Waals surface area (Å²) < 4.78 is 7.49. The van der Waals surface area contributed by atoms with Crippen molar-refractivity contribution in [3.63, 3.8) is 0 Å². The van der Waals surface area contributed by atoms with Gasteiger partial charge >= 0.3 is 0 Å². The normalized spacial score (nSPS) is 18.6. The number of aromatic nitrogens is 1. The SMILES string of the molecule is Cc1cc(/C=C2/SC(=Nc3ccc(N4CCOCC4)cc3)N(C)C2=O)c(C)n1-c1cc(Cl)ccc1Cl. The van der Waals surface area contributed by atoms with Crippen molar-refractivity contribution in [2.75, 3.05) is 38.3 Å². The quantitative estimate of drug-likeness (QED) is 0.355. The van der Waals surface area contributed by atoms with Gasteiger partial charge in [-0.3, -0.25) is 9.69 Å². The first-order valence-electron chi connectivity index (χ1n) is 11.7. The summed E-state index contributed by atoms with van der Waals surface area (Å²) >= 11 is 14.1. The van der Waals surface area contributed by atoms with Gasteiger partial charge in [0, 0.05) is 42.2 Å². The Bertz CT molecular complexity index is 1380. The van der Waals surface area contributed by atoms with Gasteiger partial charge in [-0.15, -0.1) is 0 Å². The fourth-order valence-corrected chi connectivity index (χ4v) is 5.77. The molecule has 6 nitrogen and oxygen atoms in total. The number of amides is 1. The van der Waals surface area contributed by atoms with Crippen molar-refractivity contribution in [2.24, 2.45) is 4.99 Å². The van der Waals surface area contributed by atoms with E-state index in [1.54, 1.807) is 24.1 Å². The fraction of sp³-hybridized carbons (Fsp3) is 0.259. The van der Waals surface area contributed by atoms with Gasteiger partial charge in [0.15, 0.2) is 5.17 Å². The lowest BCUT2D eigenvalue weighted by Crippen LogP contribution is -2.36. The fourth-order valence-electron chi connectivity index (χ4n) is 4.42. The molecule has 2 fully saturated rings. The second-order valence-electron chi connectivity index (χ2n) is 8.74. The van der Waals surface area contributed by atoms with Gasteiger partial charge in [-0.1, -0.05) is 23.2 Å². The van der Waals surface area contributed by atoms with E-state index in [0.717, 1.165) is 60.3 Å². The lowest BCUT2D eigenvalue weighted by Gasteiger charge is -2.28. The predicted octanol–water partition coefficient (Wildman–Crippen LogP) is 6.47. The van der Waals surface area contributed by atoms with Crippen molar-refractivity contribution in [1.29, 1.82) is 0 Å². The highest BCUT2D eigenvalue weighted by molar-refractivity contribution is 8.18. The highest BCUT2D eigenvalue weighted by Crippen LogP contribution is 2.36. The van der Waals surface area contributed by atoms with E-state index in [1.165, 1.54) is 11.8 Å². The minimum Gasteiger partial charge on any atom is -0.378 e. The lowest BCUT2D eigenvalue weighted by atomic mass is 10.2. The molecule has 3 aromatic rings. The Kier molecular flexibility index (Phi) is 7.17. The molecule has 0 atom stereocenters. The van der Waals surface area contributed by atoms with Crippen LogP contribution in [0.2, 0.25) is 10.0 Å². The van der Waals surface area contributed by atoms with E-state index in [4.69, 9.17) is 32.9 Å². The Balaban J connectivity index is 1.40. The average Bonchev–Trinajstić information content (AvgIpc) is 3.30. The Labute approximate surface area is 225 Å². The van der Waals surface area contributed by atoms with Crippen LogP contribution in [0.5, 0.6) is 0 Å². The highest BCUT2D eigenvalue weighted by Gasteiger charge is 2.31. The Hall–Kier alpha value is -2.71. The molecule has 9 heteroatoms. The molecule has 2 saturated heterocycles. The molecule has 1 amide bonds. The van der Waals surface area contributed by atoms with Crippen molar-refractivity contribution in [2.45, 2.75) is 13.8 Å². The molecule has 2 aromatic carbocycles. The minimum absolute atomic E-state index is 0.0747. The molecular weight excluding hydrogens is 515 g/mol. The van der Waals surface area contributed by atoms with Crippen molar-refractivity contribution < 1.29 is 9.53 Å². The van der Waals surface area contributed by atoms with Crippen LogP contribution in [0.25, 0.3) is 11.8 Å². The number of benzene rings is 2. The summed E-state index contributed by atoms with van der Waals surface area (Å²) in [6.07, 6.45) is 1.92. The van der Waals surface area contributed by atoms with Crippen LogP contribution in [0.3, 0.4) is 0 Å². The van der Waals surface area contributed by atoms with Crippen LogP contribution in [-0.2, 0) is 9.53 Å². The molecule has 0 aliphatic carbocycles. The number of hydrogen-bond acceptors (Lipinski definition) is 5. The van der Waals surface area contributed by atoms with Gasteiger partial charge < -0.3 is 14.2 Å². The van der Waals surface area contributed by atoms with Crippen LogP contribution in [0.15, 0.2) is 58.4 Å². The van der Waals surface area contributed by atoms with Crippen molar-refractivity contribution in [3.8, 4) is 5.69 Å². The molecule has 0 N–H and O–H groups in total. The van der Waals surface area contributed by atoms with Gasteiger partial charge in [-0.25, -0.2) is 4.99 Å². The molecule has 186 valence electrons. The summed E-state index contributed by atoms with van der Waals surface area (Å²) in [4.78, 5) is 22.3. The third kappa shape index (κ3) is 4.93. The zero-order valence-corrected chi connectivity index (χ0v) is 22.6. The number of carbonyl (C=O) groups excluding carboxylic acids is 1. The number of ether oxygens (including phenoxy) is 1. The second-order valence-corrected chi connectivity index (χ2v) is 10.6. The Morgan fingerprint density at radius 2 is 1.75 bits per heavy atom. The van der Waals surface area contributed by atoms with Crippen LogP contribution in [0.4, 0.5) is 11.4 Å². The van der Waals surface area contributed by atoms with E-state index in [9.17, 15) is 4.79 Å². The number of anilines is 1. The molecule has 0 saturated carbocycles. The summed E-state index contributed by atoms with van der Waals surface area (Å²) in [5.41, 5.74) is 5.70. The number of hydrogen-bond donors (Lipinski definition) is 0. The van der Waals surface area contributed by atoms with Gasteiger partial charge in [0.2, 0.25) is 0 Å². The third-order valence-electron chi connectivity index (χ3n) is 6.36. The van der Waals surface area contributed by atoms with E-state index in [1.807, 2.05) is 44.2 Å². The van der Waals surface area contributed by atoms with Crippen LogP contribution >= 0.6 is 35.0 Å². The molecule has 3 heterocycles. The van der Waals surface area contributed by atoms with E-state index < -0.39 is 0 Å². The third-order valence-corrected chi connectivity index (χ3v) is 7.98. The maximum absolute atomic E-state index is 13.0.